The van der Waals surface area contributed by atoms with Crippen molar-refractivity contribution in [3.8, 4) is 0 Å². The number of nitrogens with one attached hydrogen (secondary N) is 2. The van der Waals surface area contributed by atoms with Gasteiger partial charge in [0.25, 0.3) is 0 Å². The van der Waals surface area contributed by atoms with E-state index >= 15 is 0 Å². The quantitative estimate of drug-likeness (QED) is 0.877. The lowest BCUT2D eigenvalue weighted by Gasteiger charge is -2.23. The van der Waals surface area contributed by atoms with Crippen LogP contribution in [-0.4, -0.2) is 31.2 Å². The van der Waals surface area contributed by atoms with E-state index < -0.39 is 0 Å². The topological polar surface area (TPSA) is 50.4 Å². The summed E-state index contributed by atoms with van der Waals surface area (Å²) in [5.74, 6) is -0.179. The van der Waals surface area contributed by atoms with Crippen LogP contribution < -0.4 is 10.6 Å². The largest absolute Gasteiger partial charge is 0.374 e. The van der Waals surface area contributed by atoms with Gasteiger partial charge in [0.1, 0.15) is 0 Å². The molecule has 0 spiro atoms. The zero-order valence-corrected chi connectivity index (χ0v) is 12.9. The van der Waals surface area contributed by atoms with Crippen LogP contribution in [0.3, 0.4) is 0 Å². The number of rotatable bonds is 5. The SMILES string of the molecule is CC1(CNCC(=O)Nc2c(Cl)cccc2Cl)CCCO1. The third kappa shape index (κ3) is 4.09. The summed E-state index contributed by atoms with van der Waals surface area (Å²) in [4.78, 5) is 11.9. The summed E-state index contributed by atoms with van der Waals surface area (Å²) in [6.07, 6.45) is 2.08. The van der Waals surface area contributed by atoms with Crippen LogP contribution in [0.15, 0.2) is 18.2 Å². The summed E-state index contributed by atoms with van der Waals surface area (Å²) in [6.45, 7) is 3.69. The molecule has 1 saturated heterocycles. The zero-order valence-electron chi connectivity index (χ0n) is 11.3. The minimum Gasteiger partial charge on any atom is -0.374 e. The third-order valence-corrected chi connectivity index (χ3v) is 3.94. The van der Waals surface area contributed by atoms with Gasteiger partial charge in [-0.3, -0.25) is 4.79 Å². The summed E-state index contributed by atoms with van der Waals surface area (Å²) in [5, 5.41) is 6.67. The lowest BCUT2D eigenvalue weighted by Crippen LogP contribution is -2.40. The lowest BCUT2D eigenvalue weighted by molar-refractivity contribution is -0.115. The molecule has 1 amide bonds. The molecule has 1 aromatic carbocycles. The molecule has 20 heavy (non-hydrogen) atoms. The molecule has 2 N–H and O–H groups in total. The van der Waals surface area contributed by atoms with Gasteiger partial charge >= 0.3 is 0 Å². The van der Waals surface area contributed by atoms with E-state index in [-0.39, 0.29) is 18.1 Å². The molecule has 1 heterocycles. The maximum absolute atomic E-state index is 11.9. The predicted molar refractivity (Wildman–Crippen MR) is 81.6 cm³/mol. The molecule has 1 unspecified atom stereocenters. The van der Waals surface area contributed by atoms with Gasteiger partial charge in [-0.25, -0.2) is 0 Å². The van der Waals surface area contributed by atoms with Crippen LogP contribution >= 0.6 is 23.2 Å². The molecule has 2 rings (SSSR count). The van der Waals surface area contributed by atoms with Crippen LogP contribution in [0.4, 0.5) is 5.69 Å². The highest BCUT2D eigenvalue weighted by molar-refractivity contribution is 6.39. The molecule has 6 heteroatoms. The van der Waals surface area contributed by atoms with Crippen molar-refractivity contribution in [2.45, 2.75) is 25.4 Å². The number of hydrogen-bond acceptors (Lipinski definition) is 3. The standard InChI is InChI=1S/C14H18Cl2N2O2/c1-14(6-3-7-20-14)9-17-8-12(19)18-13-10(15)4-2-5-11(13)16/h2,4-5,17H,3,6-9H2,1H3,(H,18,19). The summed E-state index contributed by atoms with van der Waals surface area (Å²) >= 11 is 12.0. The van der Waals surface area contributed by atoms with Crippen molar-refractivity contribution < 1.29 is 9.53 Å². The molecule has 1 aliphatic heterocycles. The van der Waals surface area contributed by atoms with Crippen molar-refractivity contribution in [2.24, 2.45) is 0 Å². The van der Waals surface area contributed by atoms with Crippen LogP contribution in [0.2, 0.25) is 10.0 Å². The van der Waals surface area contributed by atoms with E-state index in [1.807, 2.05) is 0 Å². The Bertz CT molecular complexity index is 468. The van der Waals surface area contributed by atoms with Gasteiger partial charge in [0.2, 0.25) is 5.91 Å². The van der Waals surface area contributed by atoms with Gasteiger partial charge in [0.05, 0.1) is 27.9 Å². The average Bonchev–Trinajstić information content (AvgIpc) is 2.81. The summed E-state index contributed by atoms with van der Waals surface area (Å²) in [6, 6.07) is 5.10. The Morgan fingerprint density at radius 1 is 1.40 bits per heavy atom. The molecule has 1 atom stereocenters. The third-order valence-electron chi connectivity index (χ3n) is 3.31. The maximum Gasteiger partial charge on any atom is 0.238 e. The van der Waals surface area contributed by atoms with E-state index in [1.54, 1.807) is 18.2 Å². The van der Waals surface area contributed by atoms with Crippen LogP contribution in [0, 0.1) is 0 Å². The van der Waals surface area contributed by atoms with Gasteiger partial charge in [-0.15, -0.1) is 0 Å². The Morgan fingerprint density at radius 2 is 2.10 bits per heavy atom. The minimum absolute atomic E-state index is 0.164. The molecule has 4 nitrogen and oxygen atoms in total. The first-order chi connectivity index (χ1) is 9.50. The van der Waals surface area contributed by atoms with E-state index in [1.165, 1.54) is 0 Å². The molecular formula is C14H18Cl2N2O2. The number of ether oxygens (including phenoxy) is 1. The Labute approximate surface area is 128 Å². The van der Waals surface area contributed by atoms with Crippen LogP contribution in [0.25, 0.3) is 0 Å². The lowest BCUT2D eigenvalue weighted by atomic mass is 10.0. The van der Waals surface area contributed by atoms with Gasteiger partial charge in [-0.1, -0.05) is 29.3 Å². The molecule has 0 aromatic heterocycles. The number of benzene rings is 1. The molecule has 0 bridgehead atoms. The average molecular weight is 317 g/mol. The fourth-order valence-corrected chi connectivity index (χ4v) is 2.71. The first-order valence-electron chi connectivity index (χ1n) is 6.59. The number of para-hydroxylation sites is 1. The van der Waals surface area contributed by atoms with Crippen LogP contribution in [0.1, 0.15) is 19.8 Å². The fourth-order valence-electron chi connectivity index (χ4n) is 2.22. The first kappa shape index (κ1) is 15.6. The van der Waals surface area contributed by atoms with Crippen molar-refractivity contribution >= 4 is 34.8 Å². The first-order valence-corrected chi connectivity index (χ1v) is 7.34. The fraction of sp³-hybridized carbons (Fsp3) is 0.500. The van der Waals surface area contributed by atoms with Gasteiger partial charge in [0, 0.05) is 13.2 Å². The predicted octanol–water partition coefficient (Wildman–Crippen LogP) is 3.09. The molecule has 0 radical (unpaired) electrons. The monoisotopic (exact) mass is 316 g/mol. The van der Waals surface area contributed by atoms with Gasteiger partial charge in [-0.05, 0) is 31.9 Å². The second-order valence-corrected chi connectivity index (χ2v) is 5.96. The summed E-state index contributed by atoms with van der Waals surface area (Å²) in [5.41, 5.74) is 0.286. The normalized spacial score (nSPS) is 21.9. The van der Waals surface area contributed by atoms with Gasteiger partial charge in [-0.2, -0.15) is 0 Å². The number of halogens is 2. The smallest absolute Gasteiger partial charge is 0.238 e. The maximum atomic E-state index is 11.9. The Morgan fingerprint density at radius 3 is 2.70 bits per heavy atom. The van der Waals surface area contributed by atoms with E-state index in [0.717, 1.165) is 19.4 Å². The van der Waals surface area contributed by atoms with Crippen molar-refractivity contribution in [3.05, 3.63) is 28.2 Å². The van der Waals surface area contributed by atoms with Crippen LogP contribution in [0.5, 0.6) is 0 Å². The van der Waals surface area contributed by atoms with E-state index in [4.69, 9.17) is 27.9 Å². The summed E-state index contributed by atoms with van der Waals surface area (Å²) < 4.78 is 5.64. The van der Waals surface area contributed by atoms with Crippen molar-refractivity contribution in [1.82, 2.24) is 5.32 Å². The van der Waals surface area contributed by atoms with Crippen molar-refractivity contribution in [2.75, 3.05) is 25.0 Å². The summed E-state index contributed by atoms with van der Waals surface area (Å²) in [7, 11) is 0. The second-order valence-electron chi connectivity index (χ2n) is 5.15. The minimum atomic E-state index is -0.179. The Balaban J connectivity index is 1.81. The van der Waals surface area contributed by atoms with Gasteiger partial charge in [0.15, 0.2) is 0 Å². The Hall–Kier alpha value is -0.810. The Kier molecular flexibility index (Phi) is 5.27. The highest BCUT2D eigenvalue weighted by atomic mass is 35.5. The van der Waals surface area contributed by atoms with Crippen molar-refractivity contribution in [1.29, 1.82) is 0 Å². The molecule has 0 saturated carbocycles. The van der Waals surface area contributed by atoms with Crippen molar-refractivity contribution in [3.63, 3.8) is 0 Å². The zero-order chi connectivity index (χ0) is 14.6. The molecule has 1 fully saturated rings. The number of amides is 1. The van der Waals surface area contributed by atoms with Gasteiger partial charge < -0.3 is 15.4 Å². The van der Waals surface area contributed by atoms with E-state index in [0.29, 0.717) is 22.3 Å². The number of anilines is 1. The number of carbonyl (C=O) groups excluding carboxylic acids is 1. The molecule has 0 aliphatic carbocycles. The highest BCUT2D eigenvalue weighted by Crippen LogP contribution is 2.29. The molecule has 1 aromatic rings. The highest BCUT2D eigenvalue weighted by Gasteiger charge is 2.29. The number of hydrogen-bond donors (Lipinski definition) is 2. The van der Waals surface area contributed by atoms with Crippen LogP contribution in [-0.2, 0) is 9.53 Å². The molecular weight excluding hydrogens is 299 g/mol. The molecule has 110 valence electrons. The van der Waals surface area contributed by atoms with E-state index in [2.05, 4.69) is 17.6 Å². The second kappa shape index (κ2) is 6.76. The van der Waals surface area contributed by atoms with E-state index in [9.17, 15) is 4.79 Å². The molecule has 1 aliphatic rings. The number of carbonyl (C=O) groups is 1.